The summed E-state index contributed by atoms with van der Waals surface area (Å²) >= 11 is 0. The van der Waals surface area contributed by atoms with Gasteiger partial charge < -0.3 is 9.84 Å². The zero-order valence-corrected chi connectivity index (χ0v) is 14.6. The number of aliphatic carboxylic acids is 1. The minimum Gasteiger partial charge on any atom is -0.497 e. The quantitative estimate of drug-likeness (QED) is 0.855. The monoisotopic (exact) mass is 361 g/mol. The normalized spacial score (nSPS) is 16.5. The number of ether oxygens (including phenoxy) is 1. The predicted octanol–water partition coefficient (Wildman–Crippen LogP) is 2.85. The molecule has 1 unspecified atom stereocenters. The van der Waals surface area contributed by atoms with Crippen molar-refractivity contribution in [1.29, 1.82) is 0 Å². The van der Waals surface area contributed by atoms with E-state index in [9.17, 15) is 13.2 Å². The van der Waals surface area contributed by atoms with Gasteiger partial charge in [-0.25, -0.2) is 8.42 Å². The van der Waals surface area contributed by atoms with E-state index in [1.54, 1.807) is 24.3 Å². The number of methoxy groups -OCH3 is 1. The molecule has 132 valence electrons. The molecule has 0 saturated heterocycles. The fourth-order valence-electron chi connectivity index (χ4n) is 3.10. The lowest BCUT2D eigenvalue weighted by Gasteiger charge is -2.20. The molecular weight excluding hydrogens is 342 g/mol. The summed E-state index contributed by atoms with van der Waals surface area (Å²) in [5.41, 5.74) is 1.49. The second-order valence-electron chi connectivity index (χ2n) is 5.90. The lowest BCUT2D eigenvalue weighted by atomic mass is 9.96. The number of carboxylic acids is 1. The number of hydrogen-bond donors (Lipinski definition) is 1. The van der Waals surface area contributed by atoms with Gasteiger partial charge in [0.2, 0.25) is 0 Å². The van der Waals surface area contributed by atoms with Gasteiger partial charge in [0.05, 0.1) is 17.7 Å². The zero-order chi connectivity index (χ0) is 18.0. The molecule has 0 saturated carbocycles. The second-order valence-corrected chi connectivity index (χ2v) is 7.76. The van der Waals surface area contributed by atoms with Gasteiger partial charge in [-0.2, -0.15) is 0 Å². The Bertz CT molecular complexity index is 877. The van der Waals surface area contributed by atoms with Gasteiger partial charge in [-0.15, -0.1) is 0 Å². The van der Waals surface area contributed by atoms with Crippen LogP contribution in [-0.2, 0) is 14.8 Å². The maximum atomic E-state index is 13.0. The van der Waals surface area contributed by atoms with E-state index in [0.717, 1.165) is 5.56 Å². The summed E-state index contributed by atoms with van der Waals surface area (Å²) in [6.07, 6.45) is 0.413. The molecule has 0 spiro atoms. The van der Waals surface area contributed by atoms with Crippen LogP contribution in [-0.4, -0.2) is 33.1 Å². The summed E-state index contributed by atoms with van der Waals surface area (Å²) in [5.74, 6) is -0.422. The van der Waals surface area contributed by atoms with Gasteiger partial charge in [0.1, 0.15) is 5.75 Å². The third kappa shape index (κ3) is 3.32. The molecule has 6 nitrogen and oxygen atoms in total. The number of rotatable bonds is 6. The number of carbonyl (C=O) groups is 1. The van der Waals surface area contributed by atoms with Crippen LogP contribution in [0.25, 0.3) is 0 Å². The number of nitrogens with zero attached hydrogens (tertiary/aromatic N) is 1. The van der Waals surface area contributed by atoms with Gasteiger partial charge in [0.25, 0.3) is 10.0 Å². The topological polar surface area (TPSA) is 83.9 Å². The zero-order valence-electron chi connectivity index (χ0n) is 13.8. The standard InChI is InChI=1S/C18H19NO5S/c1-24-14-7-9-15(10-8-14)25(22,23)19-12-13(6-11-18(20)21)16-4-2-3-5-17(16)19/h2-5,7-10,13H,6,11-12H2,1H3,(H,20,21). The van der Waals surface area contributed by atoms with E-state index in [4.69, 9.17) is 9.84 Å². The van der Waals surface area contributed by atoms with E-state index in [0.29, 0.717) is 17.9 Å². The first-order chi connectivity index (χ1) is 11.9. The van der Waals surface area contributed by atoms with Crippen LogP contribution in [0.15, 0.2) is 53.4 Å². The number of carboxylic acid groups (broad SMARTS) is 1. The van der Waals surface area contributed by atoms with E-state index < -0.39 is 16.0 Å². The molecule has 1 aliphatic heterocycles. The largest absolute Gasteiger partial charge is 0.497 e. The van der Waals surface area contributed by atoms with Gasteiger partial charge in [0.15, 0.2) is 0 Å². The predicted molar refractivity (Wildman–Crippen MR) is 93.6 cm³/mol. The molecule has 1 heterocycles. The van der Waals surface area contributed by atoms with Crippen LogP contribution in [0.2, 0.25) is 0 Å². The van der Waals surface area contributed by atoms with Crippen molar-refractivity contribution < 1.29 is 23.1 Å². The maximum Gasteiger partial charge on any atom is 0.303 e. The highest BCUT2D eigenvalue weighted by Gasteiger charge is 2.36. The number of fused-ring (bicyclic) bond motifs is 1. The van der Waals surface area contributed by atoms with Gasteiger partial charge in [0, 0.05) is 18.9 Å². The van der Waals surface area contributed by atoms with Crippen molar-refractivity contribution in [2.75, 3.05) is 18.0 Å². The lowest BCUT2D eigenvalue weighted by Crippen LogP contribution is -2.30. The summed E-state index contributed by atoms with van der Waals surface area (Å²) in [6.45, 7) is 0.251. The molecule has 25 heavy (non-hydrogen) atoms. The fourth-order valence-corrected chi connectivity index (χ4v) is 4.64. The summed E-state index contributed by atoms with van der Waals surface area (Å²) < 4.78 is 32.5. The second kappa shape index (κ2) is 6.76. The van der Waals surface area contributed by atoms with Crippen molar-refractivity contribution in [3.63, 3.8) is 0 Å². The molecule has 0 bridgehead atoms. The van der Waals surface area contributed by atoms with Crippen molar-refractivity contribution in [3.05, 3.63) is 54.1 Å². The Hall–Kier alpha value is -2.54. The van der Waals surface area contributed by atoms with Crippen LogP contribution < -0.4 is 9.04 Å². The van der Waals surface area contributed by atoms with Crippen molar-refractivity contribution in [2.24, 2.45) is 0 Å². The number of para-hydroxylation sites is 1. The molecule has 2 aromatic carbocycles. The molecule has 1 N–H and O–H groups in total. The van der Waals surface area contributed by atoms with Crippen molar-refractivity contribution >= 4 is 21.7 Å². The Morgan fingerprint density at radius 2 is 1.88 bits per heavy atom. The van der Waals surface area contributed by atoms with Crippen molar-refractivity contribution in [2.45, 2.75) is 23.7 Å². The van der Waals surface area contributed by atoms with Gasteiger partial charge in [-0.1, -0.05) is 18.2 Å². The highest BCUT2D eigenvalue weighted by Crippen LogP contribution is 2.41. The Morgan fingerprint density at radius 1 is 1.20 bits per heavy atom. The fraction of sp³-hybridized carbons (Fsp3) is 0.278. The Labute approximate surface area is 146 Å². The molecule has 0 radical (unpaired) electrons. The molecule has 0 aliphatic carbocycles. The first-order valence-electron chi connectivity index (χ1n) is 7.91. The van der Waals surface area contributed by atoms with Gasteiger partial charge in [-0.3, -0.25) is 9.10 Å². The number of benzene rings is 2. The molecule has 3 rings (SSSR count). The molecule has 0 fully saturated rings. The number of sulfonamides is 1. The molecule has 0 amide bonds. The van der Waals surface area contributed by atoms with Gasteiger partial charge >= 0.3 is 5.97 Å². The molecule has 7 heteroatoms. The first kappa shape index (κ1) is 17.3. The lowest BCUT2D eigenvalue weighted by molar-refractivity contribution is -0.137. The van der Waals surface area contributed by atoms with E-state index in [2.05, 4.69) is 0 Å². The van der Waals surface area contributed by atoms with Crippen molar-refractivity contribution in [1.82, 2.24) is 0 Å². The molecule has 1 atom stereocenters. The van der Waals surface area contributed by atoms with Crippen LogP contribution >= 0.6 is 0 Å². The summed E-state index contributed by atoms with van der Waals surface area (Å²) in [6, 6.07) is 13.5. The SMILES string of the molecule is COc1ccc(S(=O)(=O)N2CC(CCC(=O)O)c3ccccc32)cc1. The summed E-state index contributed by atoms with van der Waals surface area (Å²) in [5, 5.41) is 8.93. The Balaban J connectivity index is 1.94. The van der Waals surface area contributed by atoms with Crippen LogP contribution in [0.5, 0.6) is 5.75 Å². The average molecular weight is 361 g/mol. The van der Waals surface area contributed by atoms with E-state index >= 15 is 0 Å². The van der Waals surface area contributed by atoms with Gasteiger partial charge in [-0.05, 0) is 42.3 Å². The van der Waals surface area contributed by atoms with E-state index in [1.165, 1.54) is 23.5 Å². The molecule has 1 aliphatic rings. The van der Waals surface area contributed by atoms with E-state index in [-0.39, 0.29) is 23.8 Å². The Morgan fingerprint density at radius 3 is 2.52 bits per heavy atom. The highest BCUT2D eigenvalue weighted by atomic mass is 32.2. The molecule has 0 aromatic heterocycles. The minimum absolute atomic E-state index is 0.00935. The van der Waals surface area contributed by atoms with Crippen LogP contribution in [0.3, 0.4) is 0 Å². The molecule has 2 aromatic rings. The minimum atomic E-state index is -3.72. The average Bonchev–Trinajstić information content (AvgIpc) is 2.99. The highest BCUT2D eigenvalue weighted by molar-refractivity contribution is 7.92. The van der Waals surface area contributed by atoms with Crippen LogP contribution in [0.1, 0.15) is 24.3 Å². The third-order valence-electron chi connectivity index (χ3n) is 4.39. The summed E-state index contributed by atoms with van der Waals surface area (Å²) in [4.78, 5) is 11.1. The summed E-state index contributed by atoms with van der Waals surface area (Å²) in [7, 11) is -2.20. The smallest absolute Gasteiger partial charge is 0.303 e. The Kier molecular flexibility index (Phi) is 4.67. The van der Waals surface area contributed by atoms with Crippen molar-refractivity contribution in [3.8, 4) is 5.75 Å². The van der Waals surface area contributed by atoms with Crippen LogP contribution in [0, 0.1) is 0 Å². The maximum absolute atomic E-state index is 13.0. The van der Waals surface area contributed by atoms with E-state index in [1.807, 2.05) is 12.1 Å². The number of hydrogen-bond acceptors (Lipinski definition) is 4. The van der Waals surface area contributed by atoms with Crippen LogP contribution in [0.4, 0.5) is 5.69 Å². The number of anilines is 1. The third-order valence-corrected chi connectivity index (χ3v) is 6.18. The molecular formula is C18H19NO5S. The first-order valence-corrected chi connectivity index (χ1v) is 9.35.